The van der Waals surface area contributed by atoms with E-state index in [2.05, 4.69) is 24.4 Å². The molecule has 0 unspecified atom stereocenters. The molecule has 2 aliphatic rings. The molecule has 2 saturated carbocycles. The van der Waals surface area contributed by atoms with E-state index in [4.69, 9.17) is 0 Å². The number of hydrogen-bond donors (Lipinski definition) is 1. The van der Waals surface area contributed by atoms with Crippen LogP contribution in [0.5, 0.6) is 0 Å². The van der Waals surface area contributed by atoms with Crippen LogP contribution in [0.2, 0.25) is 0 Å². The molecule has 2 fully saturated rings. The van der Waals surface area contributed by atoms with E-state index in [-0.39, 0.29) is 22.9 Å². The molecular formula is C20H21FeNO+2. The van der Waals surface area contributed by atoms with Crippen LogP contribution in [0, 0.1) is 70.6 Å². The van der Waals surface area contributed by atoms with E-state index in [0.29, 0.717) is 13.0 Å². The van der Waals surface area contributed by atoms with E-state index >= 15 is 0 Å². The van der Waals surface area contributed by atoms with Crippen molar-refractivity contribution in [2.45, 2.75) is 13.3 Å². The second kappa shape index (κ2) is 11.7. The molecule has 10 radical (unpaired) electrons. The van der Waals surface area contributed by atoms with Gasteiger partial charge in [-0.2, -0.15) is 0 Å². The molecule has 118 valence electrons. The zero-order chi connectivity index (χ0) is 15.6. The summed E-state index contributed by atoms with van der Waals surface area (Å²) in [5.74, 6) is 0.992. The van der Waals surface area contributed by atoms with Crippen molar-refractivity contribution in [1.82, 2.24) is 0 Å². The Morgan fingerprint density at radius 2 is 1.57 bits per heavy atom. The van der Waals surface area contributed by atoms with E-state index in [1.54, 1.807) is 0 Å². The molecule has 1 N–H and O–H groups in total. The van der Waals surface area contributed by atoms with Crippen LogP contribution in [0.4, 0.5) is 5.69 Å². The van der Waals surface area contributed by atoms with Crippen molar-refractivity contribution >= 4 is 11.5 Å². The van der Waals surface area contributed by atoms with Gasteiger partial charge in [-0.15, -0.1) is 0 Å². The van der Waals surface area contributed by atoms with Crippen LogP contribution in [0.1, 0.15) is 12.0 Å². The number of anilines is 1. The van der Waals surface area contributed by atoms with Crippen LogP contribution >= 0.6 is 0 Å². The fraction of sp³-hybridized carbons (Fsp3) is 0.150. The zero-order valence-electron chi connectivity index (χ0n) is 13.2. The Morgan fingerprint density at radius 1 is 0.957 bits per heavy atom. The van der Waals surface area contributed by atoms with Crippen LogP contribution < -0.4 is 5.32 Å². The van der Waals surface area contributed by atoms with Crippen molar-refractivity contribution < 1.29 is 21.9 Å². The fourth-order valence-corrected chi connectivity index (χ4v) is 2.10. The summed E-state index contributed by atoms with van der Waals surface area (Å²) in [6.07, 6.45) is 18.0. The van der Waals surface area contributed by atoms with Gasteiger partial charge in [0.15, 0.2) is 0 Å². The summed E-state index contributed by atoms with van der Waals surface area (Å²) in [4.78, 5) is 11.7. The van der Waals surface area contributed by atoms with Gasteiger partial charge < -0.3 is 5.32 Å². The summed E-state index contributed by atoms with van der Waals surface area (Å²) in [6, 6.07) is 8.16. The number of carbonyl (C=O) groups excluding carboxylic acids is 1. The molecule has 3 heteroatoms. The van der Waals surface area contributed by atoms with Crippen LogP contribution in [0.25, 0.3) is 0 Å². The van der Waals surface area contributed by atoms with E-state index < -0.39 is 0 Å². The van der Waals surface area contributed by atoms with Gasteiger partial charge in [-0.05, 0) is 82.4 Å². The van der Waals surface area contributed by atoms with Crippen LogP contribution in [0.15, 0.2) is 24.3 Å². The monoisotopic (exact) mass is 347 g/mol. The first-order chi connectivity index (χ1) is 10.8. The predicted octanol–water partition coefficient (Wildman–Crippen LogP) is 3.79. The third-order valence-electron chi connectivity index (χ3n) is 3.24. The van der Waals surface area contributed by atoms with Gasteiger partial charge in [0.05, 0.1) is 0 Å². The van der Waals surface area contributed by atoms with Gasteiger partial charge in [0, 0.05) is 24.6 Å². The number of rotatable bonds is 5. The second-order valence-corrected chi connectivity index (χ2v) is 5.11. The minimum absolute atomic E-state index is 0. The third-order valence-corrected chi connectivity index (χ3v) is 3.24. The summed E-state index contributed by atoms with van der Waals surface area (Å²) in [5.41, 5.74) is 2.29. The van der Waals surface area contributed by atoms with Gasteiger partial charge in [0.1, 0.15) is 5.78 Å². The van der Waals surface area contributed by atoms with Gasteiger partial charge in [-0.1, -0.05) is 12.1 Å². The Kier molecular flexibility index (Phi) is 10.3. The Bertz CT molecular complexity index is 443. The Labute approximate surface area is 152 Å². The Balaban J connectivity index is 0.000000377. The van der Waals surface area contributed by atoms with Crippen LogP contribution in [0.3, 0.4) is 0 Å². The van der Waals surface area contributed by atoms with E-state index in [1.165, 1.54) is 5.56 Å². The maximum absolute atomic E-state index is 11.7. The number of benzene rings is 1. The van der Waals surface area contributed by atoms with Crippen molar-refractivity contribution in [3.63, 3.8) is 0 Å². The number of Topliss-reactive ketones (excluding diaryl/α,β-unsaturated/α-hetero) is 1. The predicted molar refractivity (Wildman–Crippen MR) is 91.2 cm³/mol. The summed E-state index contributed by atoms with van der Waals surface area (Å²) in [6.45, 7) is 2.73. The number of ketones is 1. The van der Waals surface area contributed by atoms with Gasteiger partial charge in [-0.3, -0.25) is 4.79 Å². The molecule has 0 atom stereocenters. The zero-order valence-corrected chi connectivity index (χ0v) is 14.3. The standard InChI is InChI=1S/C15H16NO.C5H5.Fe/c1-12-5-4-8-14(11-12)16-10-9-15(17)13-6-2-3-7-13;1-2-4-5-3-1;/h2-8,11,16H,9-10H2,1H3;1-5H;/q;;+2. The van der Waals surface area contributed by atoms with Gasteiger partial charge in [0.25, 0.3) is 0 Å². The summed E-state index contributed by atoms with van der Waals surface area (Å²) in [5, 5.41) is 3.26. The molecule has 0 aromatic heterocycles. The van der Waals surface area contributed by atoms with Crippen LogP contribution in [-0.4, -0.2) is 12.3 Å². The molecule has 2 nitrogen and oxygen atoms in total. The largest absolute Gasteiger partial charge is 2.00 e. The van der Waals surface area contributed by atoms with Gasteiger partial charge >= 0.3 is 17.1 Å². The molecule has 2 aliphatic carbocycles. The van der Waals surface area contributed by atoms with Crippen molar-refractivity contribution in [3.05, 3.63) is 93.5 Å². The van der Waals surface area contributed by atoms with Gasteiger partial charge in [0.2, 0.25) is 0 Å². The van der Waals surface area contributed by atoms with Gasteiger partial charge in [-0.25, -0.2) is 0 Å². The number of carbonyl (C=O) groups is 1. The van der Waals surface area contributed by atoms with E-state index in [0.717, 1.165) is 11.6 Å². The molecule has 0 saturated heterocycles. The minimum atomic E-state index is 0. The number of nitrogens with one attached hydrogen (secondary N) is 1. The summed E-state index contributed by atoms with van der Waals surface area (Å²) < 4.78 is 0. The molecule has 3 rings (SSSR count). The van der Waals surface area contributed by atoms with Crippen molar-refractivity contribution in [2.75, 3.05) is 11.9 Å². The molecule has 1 aromatic rings. The molecular weight excluding hydrogens is 326 g/mol. The first-order valence-corrected chi connectivity index (χ1v) is 7.48. The maximum Gasteiger partial charge on any atom is 2.00 e. The van der Waals surface area contributed by atoms with Crippen molar-refractivity contribution in [1.29, 1.82) is 0 Å². The topological polar surface area (TPSA) is 29.1 Å². The number of hydrogen-bond acceptors (Lipinski definition) is 2. The fourth-order valence-electron chi connectivity index (χ4n) is 2.10. The molecule has 0 aliphatic heterocycles. The molecule has 23 heavy (non-hydrogen) atoms. The average Bonchev–Trinajstić information content (AvgIpc) is 3.23. The first-order valence-electron chi connectivity index (χ1n) is 7.48. The van der Waals surface area contributed by atoms with E-state index in [1.807, 2.05) is 69.9 Å². The average molecular weight is 347 g/mol. The Morgan fingerprint density at radius 3 is 2.13 bits per heavy atom. The molecule has 0 bridgehead atoms. The number of aryl methyl sites for hydroxylation is 1. The molecule has 0 amide bonds. The minimum Gasteiger partial charge on any atom is -0.385 e. The third kappa shape index (κ3) is 8.04. The Hall–Kier alpha value is -0.791. The SMILES string of the molecule is Cc1cccc(NCCC(=O)[C]2[CH][CH][CH][CH]2)c1.[CH]1[CH][CH][CH][CH]1.[Fe+2]. The second-order valence-electron chi connectivity index (χ2n) is 5.11. The van der Waals surface area contributed by atoms with Crippen molar-refractivity contribution in [2.24, 2.45) is 0 Å². The summed E-state index contributed by atoms with van der Waals surface area (Å²) in [7, 11) is 0. The molecule has 0 heterocycles. The summed E-state index contributed by atoms with van der Waals surface area (Å²) >= 11 is 0. The molecule has 1 aromatic carbocycles. The molecule has 0 spiro atoms. The smallest absolute Gasteiger partial charge is 0.385 e. The first kappa shape index (κ1) is 20.3. The van der Waals surface area contributed by atoms with Crippen LogP contribution in [-0.2, 0) is 21.9 Å². The quantitative estimate of drug-likeness (QED) is 0.821. The van der Waals surface area contributed by atoms with Crippen molar-refractivity contribution in [3.8, 4) is 0 Å². The maximum atomic E-state index is 11.7. The normalized spacial score (nSPS) is 17.1. The van der Waals surface area contributed by atoms with E-state index in [9.17, 15) is 4.79 Å².